The van der Waals surface area contributed by atoms with Crippen LogP contribution in [0.5, 0.6) is 0 Å². The summed E-state index contributed by atoms with van der Waals surface area (Å²) < 4.78 is 0. The molecule has 1 aliphatic carbocycles. The Morgan fingerprint density at radius 1 is 0.667 bits per heavy atom. The van der Waals surface area contributed by atoms with E-state index in [-0.39, 0.29) is 11.7 Å². The molecule has 1 nitrogen and oxygen atoms in total. The Balaban J connectivity index is 1.73. The van der Waals surface area contributed by atoms with Crippen LogP contribution in [0.1, 0.15) is 51.7 Å². The van der Waals surface area contributed by atoms with E-state index in [1.165, 1.54) is 16.7 Å². The molecule has 0 saturated heterocycles. The van der Waals surface area contributed by atoms with Crippen molar-refractivity contribution in [2.24, 2.45) is 0 Å². The molecule has 0 fully saturated rings. The number of benzene rings is 3. The fourth-order valence-electron chi connectivity index (χ4n) is 3.90. The van der Waals surface area contributed by atoms with E-state index in [9.17, 15) is 4.79 Å². The summed E-state index contributed by atoms with van der Waals surface area (Å²) in [5, 5.41) is 0. The minimum absolute atomic E-state index is 0.0245. The van der Waals surface area contributed by atoms with Crippen molar-refractivity contribution in [1.82, 2.24) is 0 Å². The molecule has 4 rings (SSSR count). The molecule has 0 amide bonds. The van der Waals surface area contributed by atoms with E-state index in [4.69, 9.17) is 0 Å². The second-order valence-electron chi connectivity index (χ2n) is 6.45. The van der Waals surface area contributed by atoms with Gasteiger partial charge in [-0.25, -0.2) is 0 Å². The number of fused-ring (bicyclic) bond motifs is 1. The average Bonchev–Trinajstić information content (AvgIpc) is 2.68. The molecule has 0 bridgehead atoms. The van der Waals surface area contributed by atoms with Crippen molar-refractivity contribution in [2.75, 3.05) is 0 Å². The van der Waals surface area contributed by atoms with Gasteiger partial charge in [-0.1, -0.05) is 84.9 Å². The number of hydrogen-bond acceptors (Lipinski definition) is 1. The smallest absolute Gasteiger partial charge is 0.170 e. The molecule has 3 aromatic rings. The fourth-order valence-corrected chi connectivity index (χ4v) is 3.90. The SMILES string of the molecule is O=C(c1ccccc1)C1CCC(c2ccccc2)c2ccccc21. The molecule has 3 aromatic carbocycles. The van der Waals surface area contributed by atoms with E-state index < -0.39 is 0 Å². The maximum atomic E-state index is 13.0. The predicted molar refractivity (Wildman–Crippen MR) is 97.5 cm³/mol. The number of Topliss-reactive ketones (excluding diaryl/α,β-unsaturated/α-hetero) is 1. The molecule has 1 aliphatic rings. The number of rotatable bonds is 3. The van der Waals surface area contributed by atoms with Crippen LogP contribution in [0.2, 0.25) is 0 Å². The highest BCUT2D eigenvalue weighted by molar-refractivity contribution is 6.01. The summed E-state index contributed by atoms with van der Waals surface area (Å²) >= 11 is 0. The van der Waals surface area contributed by atoms with Crippen LogP contribution in [-0.2, 0) is 0 Å². The van der Waals surface area contributed by atoms with E-state index in [0.29, 0.717) is 5.92 Å². The van der Waals surface area contributed by atoms with Crippen LogP contribution in [-0.4, -0.2) is 5.78 Å². The Kier molecular flexibility index (Phi) is 4.00. The lowest BCUT2D eigenvalue weighted by molar-refractivity contribution is 0.0950. The first-order valence-electron chi connectivity index (χ1n) is 8.57. The molecule has 0 spiro atoms. The van der Waals surface area contributed by atoms with Crippen LogP contribution in [0.4, 0.5) is 0 Å². The lowest BCUT2D eigenvalue weighted by atomic mass is 9.72. The molecule has 0 saturated carbocycles. The van der Waals surface area contributed by atoms with Crippen molar-refractivity contribution >= 4 is 5.78 Å². The Hall–Kier alpha value is -2.67. The van der Waals surface area contributed by atoms with Crippen molar-refractivity contribution in [3.8, 4) is 0 Å². The Morgan fingerprint density at radius 3 is 1.96 bits per heavy atom. The van der Waals surface area contributed by atoms with Crippen LogP contribution in [0.15, 0.2) is 84.9 Å². The highest BCUT2D eigenvalue weighted by atomic mass is 16.1. The average molecular weight is 312 g/mol. The van der Waals surface area contributed by atoms with E-state index in [1.54, 1.807) is 0 Å². The summed E-state index contributed by atoms with van der Waals surface area (Å²) in [5.41, 5.74) is 4.67. The van der Waals surface area contributed by atoms with E-state index in [1.807, 2.05) is 30.3 Å². The second-order valence-corrected chi connectivity index (χ2v) is 6.45. The summed E-state index contributed by atoms with van der Waals surface area (Å²) in [7, 11) is 0. The maximum absolute atomic E-state index is 13.0. The lowest BCUT2D eigenvalue weighted by Gasteiger charge is -2.31. The van der Waals surface area contributed by atoms with Crippen molar-refractivity contribution in [3.05, 3.63) is 107 Å². The summed E-state index contributed by atoms with van der Waals surface area (Å²) in [5.74, 6) is 0.611. The minimum Gasteiger partial charge on any atom is -0.293 e. The summed E-state index contributed by atoms with van der Waals surface area (Å²) in [6, 6.07) is 28.8. The highest BCUT2D eigenvalue weighted by Gasteiger charge is 2.32. The van der Waals surface area contributed by atoms with Crippen molar-refractivity contribution < 1.29 is 4.79 Å². The molecule has 2 atom stereocenters. The molecule has 0 radical (unpaired) electrons. The zero-order valence-corrected chi connectivity index (χ0v) is 13.6. The monoisotopic (exact) mass is 312 g/mol. The maximum Gasteiger partial charge on any atom is 0.170 e. The highest BCUT2D eigenvalue weighted by Crippen LogP contribution is 2.43. The zero-order valence-electron chi connectivity index (χ0n) is 13.6. The standard InChI is InChI=1S/C23H20O/c24-23(18-11-5-2-6-12-18)22-16-15-19(17-9-3-1-4-10-17)20-13-7-8-14-21(20)22/h1-14,19,22H,15-16H2. The molecule has 0 aromatic heterocycles. The van der Waals surface area contributed by atoms with Gasteiger partial charge in [0.25, 0.3) is 0 Å². The van der Waals surface area contributed by atoms with Crippen LogP contribution in [0.25, 0.3) is 0 Å². The number of carbonyl (C=O) groups is 1. The van der Waals surface area contributed by atoms with Gasteiger partial charge in [0.05, 0.1) is 0 Å². The normalized spacial score (nSPS) is 19.5. The van der Waals surface area contributed by atoms with Gasteiger partial charge in [-0.3, -0.25) is 4.79 Å². The quantitative estimate of drug-likeness (QED) is 0.577. The van der Waals surface area contributed by atoms with Crippen LogP contribution in [0, 0.1) is 0 Å². The van der Waals surface area contributed by atoms with Gasteiger partial charge in [-0.15, -0.1) is 0 Å². The van der Waals surface area contributed by atoms with Gasteiger partial charge in [-0.05, 0) is 29.5 Å². The van der Waals surface area contributed by atoms with Gasteiger partial charge < -0.3 is 0 Å². The van der Waals surface area contributed by atoms with Crippen LogP contribution < -0.4 is 0 Å². The van der Waals surface area contributed by atoms with E-state index in [0.717, 1.165) is 18.4 Å². The first-order chi connectivity index (χ1) is 11.8. The van der Waals surface area contributed by atoms with E-state index in [2.05, 4.69) is 54.6 Å². The largest absolute Gasteiger partial charge is 0.293 e. The van der Waals surface area contributed by atoms with Gasteiger partial charge in [0.2, 0.25) is 0 Å². The van der Waals surface area contributed by atoms with Gasteiger partial charge >= 0.3 is 0 Å². The molecular formula is C23H20O. The van der Waals surface area contributed by atoms with Gasteiger partial charge in [0.15, 0.2) is 5.78 Å². The molecule has 0 N–H and O–H groups in total. The van der Waals surface area contributed by atoms with Gasteiger partial charge in [0.1, 0.15) is 0 Å². The third-order valence-electron chi connectivity index (χ3n) is 5.07. The first kappa shape index (κ1) is 14.9. The van der Waals surface area contributed by atoms with Crippen LogP contribution >= 0.6 is 0 Å². The summed E-state index contributed by atoms with van der Waals surface area (Å²) in [6.45, 7) is 0. The Labute approximate surface area is 143 Å². The third kappa shape index (κ3) is 2.67. The zero-order chi connectivity index (χ0) is 16.4. The van der Waals surface area contributed by atoms with Gasteiger partial charge in [0, 0.05) is 17.4 Å². The molecule has 1 heteroatoms. The third-order valence-corrected chi connectivity index (χ3v) is 5.07. The molecule has 0 aliphatic heterocycles. The van der Waals surface area contributed by atoms with Crippen LogP contribution in [0.3, 0.4) is 0 Å². The Morgan fingerprint density at radius 2 is 1.25 bits per heavy atom. The van der Waals surface area contributed by atoms with E-state index >= 15 is 0 Å². The minimum atomic E-state index is -0.0245. The fraction of sp³-hybridized carbons (Fsp3) is 0.174. The number of hydrogen-bond donors (Lipinski definition) is 0. The lowest BCUT2D eigenvalue weighted by Crippen LogP contribution is -2.21. The number of ketones is 1. The second kappa shape index (κ2) is 6.45. The summed E-state index contributed by atoms with van der Waals surface area (Å²) in [6.07, 6.45) is 1.93. The molecule has 24 heavy (non-hydrogen) atoms. The molecule has 2 unspecified atom stereocenters. The molecule has 118 valence electrons. The summed E-state index contributed by atoms with van der Waals surface area (Å²) in [4.78, 5) is 13.0. The number of carbonyl (C=O) groups excluding carboxylic acids is 1. The van der Waals surface area contributed by atoms with Crippen molar-refractivity contribution in [1.29, 1.82) is 0 Å². The Bertz CT molecular complexity index is 836. The predicted octanol–water partition coefficient (Wildman–Crippen LogP) is 5.58. The first-order valence-corrected chi connectivity index (χ1v) is 8.57. The topological polar surface area (TPSA) is 17.1 Å². The molecule has 0 heterocycles. The molecular weight excluding hydrogens is 292 g/mol. The van der Waals surface area contributed by atoms with Gasteiger partial charge in [-0.2, -0.15) is 0 Å². The van der Waals surface area contributed by atoms with Crippen molar-refractivity contribution in [2.45, 2.75) is 24.7 Å². The van der Waals surface area contributed by atoms with Crippen molar-refractivity contribution in [3.63, 3.8) is 0 Å².